The molecule has 21 heavy (non-hydrogen) atoms. The highest BCUT2D eigenvalue weighted by Gasteiger charge is 2.08. The zero-order chi connectivity index (χ0) is 15.1. The second-order valence-electron chi connectivity index (χ2n) is 4.09. The maximum absolute atomic E-state index is 11.6. The monoisotopic (exact) mass is 307 g/mol. The summed E-state index contributed by atoms with van der Waals surface area (Å²) in [6.45, 7) is -0.0698. The molecule has 0 radical (unpaired) electrons. The molecule has 1 aromatic carbocycles. The molecule has 0 unspecified atom stereocenters. The van der Waals surface area contributed by atoms with E-state index in [1.54, 1.807) is 36.5 Å². The molecule has 1 aromatic heterocycles. The molecule has 2 aromatic rings. The van der Waals surface area contributed by atoms with Crippen molar-refractivity contribution in [2.45, 2.75) is 6.61 Å². The lowest BCUT2D eigenvalue weighted by atomic mass is 10.3. The summed E-state index contributed by atoms with van der Waals surface area (Å²) in [6.07, 6.45) is 1.55. The molecule has 110 valence electrons. The Morgan fingerprint density at radius 1 is 1.19 bits per heavy atom. The van der Waals surface area contributed by atoms with Gasteiger partial charge in [0.05, 0.1) is 7.11 Å². The lowest BCUT2D eigenvalue weighted by molar-refractivity contribution is -0.147. The van der Waals surface area contributed by atoms with Crippen molar-refractivity contribution in [3.05, 3.63) is 53.3 Å². The van der Waals surface area contributed by atoms with Crippen molar-refractivity contribution in [2.24, 2.45) is 0 Å². The van der Waals surface area contributed by atoms with Crippen LogP contribution in [0.3, 0.4) is 0 Å². The number of hydrogen-bond acceptors (Lipinski definition) is 5. The first-order valence-corrected chi connectivity index (χ1v) is 6.58. The van der Waals surface area contributed by atoms with E-state index < -0.39 is 5.97 Å². The van der Waals surface area contributed by atoms with E-state index in [1.165, 1.54) is 7.11 Å². The van der Waals surface area contributed by atoms with Gasteiger partial charge in [0, 0.05) is 11.8 Å². The van der Waals surface area contributed by atoms with Crippen LogP contribution in [0.15, 0.2) is 42.6 Å². The van der Waals surface area contributed by atoms with Gasteiger partial charge in [-0.25, -0.2) is 9.78 Å². The summed E-state index contributed by atoms with van der Waals surface area (Å²) in [4.78, 5) is 15.5. The summed E-state index contributed by atoms with van der Waals surface area (Å²) in [5, 5.41) is 0.393. The van der Waals surface area contributed by atoms with Crippen LogP contribution in [0.4, 0.5) is 0 Å². The van der Waals surface area contributed by atoms with Crippen molar-refractivity contribution in [3.63, 3.8) is 0 Å². The Bertz CT molecular complexity index is 601. The van der Waals surface area contributed by atoms with Crippen LogP contribution >= 0.6 is 11.6 Å². The van der Waals surface area contributed by atoms with Crippen LogP contribution in [-0.4, -0.2) is 24.7 Å². The molecule has 5 nitrogen and oxygen atoms in total. The van der Waals surface area contributed by atoms with Gasteiger partial charge in [-0.15, -0.1) is 0 Å². The first kappa shape index (κ1) is 15.1. The second kappa shape index (κ2) is 7.50. The summed E-state index contributed by atoms with van der Waals surface area (Å²) in [5.74, 6) is 0.577. The van der Waals surface area contributed by atoms with E-state index in [9.17, 15) is 4.79 Å². The third-order valence-electron chi connectivity index (χ3n) is 2.60. The van der Waals surface area contributed by atoms with E-state index >= 15 is 0 Å². The van der Waals surface area contributed by atoms with E-state index in [4.69, 9.17) is 25.8 Å². The molecule has 0 aliphatic rings. The number of aromatic nitrogens is 1. The van der Waals surface area contributed by atoms with Crippen LogP contribution in [0.1, 0.15) is 5.56 Å². The topological polar surface area (TPSA) is 57.7 Å². The molecule has 0 aliphatic heterocycles. The number of esters is 1. The number of carbonyl (C=O) groups is 1. The van der Waals surface area contributed by atoms with Gasteiger partial charge >= 0.3 is 5.97 Å². The van der Waals surface area contributed by atoms with E-state index in [1.807, 2.05) is 6.07 Å². The maximum atomic E-state index is 11.6. The van der Waals surface area contributed by atoms with Crippen molar-refractivity contribution in [1.29, 1.82) is 0 Å². The highest BCUT2D eigenvalue weighted by Crippen LogP contribution is 2.25. The Labute approximate surface area is 127 Å². The van der Waals surface area contributed by atoms with Crippen LogP contribution in [0.2, 0.25) is 5.15 Å². The van der Waals surface area contributed by atoms with Gasteiger partial charge in [-0.3, -0.25) is 0 Å². The fourth-order valence-electron chi connectivity index (χ4n) is 1.57. The smallest absolute Gasteiger partial charge is 0.344 e. The van der Waals surface area contributed by atoms with Gasteiger partial charge in [-0.1, -0.05) is 29.8 Å². The molecule has 0 spiro atoms. The van der Waals surface area contributed by atoms with Crippen LogP contribution in [-0.2, 0) is 16.1 Å². The Morgan fingerprint density at radius 2 is 1.95 bits per heavy atom. The van der Waals surface area contributed by atoms with E-state index in [2.05, 4.69) is 4.98 Å². The average Bonchev–Trinajstić information content (AvgIpc) is 2.52. The molecule has 0 amide bonds. The van der Waals surface area contributed by atoms with Crippen molar-refractivity contribution < 1.29 is 19.0 Å². The minimum Gasteiger partial charge on any atom is -0.493 e. The van der Waals surface area contributed by atoms with Crippen molar-refractivity contribution in [1.82, 2.24) is 4.98 Å². The number of pyridine rings is 1. The molecule has 1 heterocycles. The normalized spacial score (nSPS) is 10.0. The van der Waals surface area contributed by atoms with Crippen molar-refractivity contribution in [3.8, 4) is 11.5 Å². The standard InChI is InChI=1S/C15H14ClNO4/c1-19-12-4-2-3-5-13(12)20-10-15(18)21-9-11-6-7-14(16)17-8-11/h2-8H,9-10H2,1H3. The van der Waals surface area contributed by atoms with Gasteiger partial charge in [0.25, 0.3) is 0 Å². The van der Waals surface area contributed by atoms with Gasteiger partial charge < -0.3 is 14.2 Å². The van der Waals surface area contributed by atoms with E-state index in [0.29, 0.717) is 16.7 Å². The number of hydrogen-bond donors (Lipinski definition) is 0. The minimum atomic E-state index is -0.476. The largest absolute Gasteiger partial charge is 0.493 e. The van der Waals surface area contributed by atoms with Gasteiger partial charge in [-0.2, -0.15) is 0 Å². The average molecular weight is 308 g/mol. The van der Waals surface area contributed by atoms with Crippen LogP contribution in [0, 0.1) is 0 Å². The first-order valence-electron chi connectivity index (χ1n) is 6.21. The fraction of sp³-hybridized carbons (Fsp3) is 0.200. The number of methoxy groups -OCH3 is 1. The molecule has 0 N–H and O–H groups in total. The number of benzene rings is 1. The summed E-state index contributed by atoms with van der Waals surface area (Å²) in [6, 6.07) is 10.5. The van der Waals surface area contributed by atoms with E-state index in [-0.39, 0.29) is 13.2 Å². The van der Waals surface area contributed by atoms with Gasteiger partial charge in [0.1, 0.15) is 11.8 Å². The molecular weight excluding hydrogens is 294 g/mol. The van der Waals surface area contributed by atoms with Gasteiger partial charge in [0.2, 0.25) is 0 Å². The number of carbonyl (C=O) groups excluding carboxylic acids is 1. The van der Waals surface area contributed by atoms with Crippen LogP contribution in [0.25, 0.3) is 0 Å². The maximum Gasteiger partial charge on any atom is 0.344 e. The molecule has 0 bridgehead atoms. The number of halogens is 1. The van der Waals surface area contributed by atoms with Gasteiger partial charge in [-0.05, 0) is 18.2 Å². The van der Waals surface area contributed by atoms with Gasteiger partial charge in [0.15, 0.2) is 18.1 Å². The first-order chi connectivity index (χ1) is 10.2. The second-order valence-corrected chi connectivity index (χ2v) is 4.48. The molecular formula is C15H14ClNO4. The molecule has 0 atom stereocenters. The molecule has 0 fully saturated rings. The van der Waals surface area contributed by atoms with Crippen molar-refractivity contribution in [2.75, 3.05) is 13.7 Å². The minimum absolute atomic E-state index is 0.123. The van der Waals surface area contributed by atoms with E-state index in [0.717, 1.165) is 5.56 Å². The molecule has 0 saturated heterocycles. The summed E-state index contributed by atoms with van der Waals surface area (Å²) < 4.78 is 15.6. The Balaban J connectivity index is 1.81. The van der Waals surface area contributed by atoms with Crippen molar-refractivity contribution >= 4 is 17.6 Å². The summed E-state index contributed by atoms with van der Waals surface area (Å²) in [7, 11) is 1.54. The Kier molecular flexibility index (Phi) is 5.40. The number of rotatable bonds is 6. The third kappa shape index (κ3) is 4.65. The highest BCUT2D eigenvalue weighted by atomic mass is 35.5. The fourth-order valence-corrected chi connectivity index (χ4v) is 1.68. The zero-order valence-electron chi connectivity index (χ0n) is 11.4. The number of para-hydroxylation sites is 2. The lowest BCUT2D eigenvalue weighted by Crippen LogP contribution is -2.15. The summed E-state index contributed by atoms with van der Waals surface area (Å²) >= 11 is 5.67. The van der Waals surface area contributed by atoms with Crippen LogP contribution < -0.4 is 9.47 Å². The SMILES string of the molecule is COc1ccccc1OCC(=O)OCc1ccc(Cl)nc1. The summed E-state index contributed by atoms with van der Waals surface area (Å²) in [5.41, 5.74) is 0.755. The molecule has 0 aliphatic carbocycles. The predicted molar refractivity (Wildman–Crippen MR) is 77.5 cm³/mol. The lowest BCUT2D eigenvalue weighted by Gasteiger charge is -2.10. The Morgan fingerprint density at radius 3 is 2.62 bits per heavy atom. The zero-order valence-corrected chi connectivity index (χ0v) is 12.2. The quantitative estimate of drug-likeness (QED) is 0.606. The highest BCUT2D eigenvalue weighted by molar-refractivity contribution is 6.29. The predicted octanol–water partition coefficient (Wildman–Crippen LogP) is 2.87. The number of nitrogens with zero attached hydrogens (tertiary/aromatic N) is 1. The molecule has 2 rings (SSSR count). The Hall–Kier alpha value is -2.27. The van der Waals surface area contributed by atoms with Crippen LogP contribution in [0.5, 0.6) is 11.5 Å². The molecule has 6 heteroatoms. The number of ether oxygens (including phenoxy) is 3. The third-order valence-corrected chi connectivity index (χ3v) is 2.83. The molecule has 0 saturated carbocycles.